The number of hydrogen-bond acceptors (Lipinski definition) is 9. The second-order valence-corrected chi connectivity index (χ2v) is 13.3. The van der Waals surface area contributed by atoms with Crippen LogP contribution in [0.4, 0.5) is 11.5 Å². The Morgan fingerprint density at radius 2 is 1.53 bits per heavy atom. The molecule has 0 fully saturated rings. The fraction of sp³-hybridized carbons (Fsp3) is 0.286. The summed E-state index contributed by atoms with van der Waals surface area (Å²) in [6.45, 7) is 5.23. The van der Waals surface area contributed by atoms with Gasteiger partial charge < -0.3 is 26.0 Å². The first kappa shape index (κ1) is 37.0. The zero-order valence-corrected chi connectivity index (χ0v) is 30.7. The molecule has 6 rings (SSSR count). The largest absolute Gasteiger partial charge is 0.395 e. The standard InChI is InChI=1S/C42H46N8O3/c1-27-31(22-37-40-32(14-16-45-37)21-30(25-47-40)23-44-26-39(53)50(4)18-19-51)9-6-10-34(27)35-11-7-12-36(28(35)2)49-42-41-33(15-17-46-42)20-29(24-48-41)8-5-13-38(52)43-3/h6-7,9-12,14-17,20-21,24-25,44,51H,5,8,13,18-19,22-23,26H2,1-4H3,(H,43,52)(H,46,49). The number of pyridine rings is 4. The minimum Gasteiger partial charge on any atom is -0.395 e. The molecule has 0 saturated heterocycles. The van der Waals surface area contributed by atoms with Crippen LogP contribution in [0.25, 0.3) is 32.9 Å². The normalized spacial score (nSPS) is 11.2. The summed E-state index contributed by atoms with van der Waals surface area (Å²) in [5.41, 5.74) is 11.3. The van der Waals surface area contributed by atoms with E-state index in [4.69, 9.17) is 20.1 Å². The van der Waals surface area contributed by atoms with E-state index in [1.165, 1.54) is 16.0 Å². The molecule has 0 spiro atoms. The Bertz CT molecular complexity index is 2260. The van der Waals surface area contributed by atoms with Crippen LogP contribution in [-0.2, 0) is 29.0 Å². The van der Waals surface area contributed by atoms with Gasteiger partial charge in [0, 0.05) is 81.3 Å². The first-order valence-electron chi connectivity index (χ1n) is 17.9. The summed E-state index contributed by atoms with van der Waals surface area (Å²) in [6, 6.07) is 20.8. The first-order chi connectivity index (χ1) is 25.7. The fourth-order valence-corrected chi connectivity index (χ4v) is 6.56. The summed E-state index contributed by atoms with van der Waals surface area (Å²) in [6.07, 6.45) is 10.00. The van der Waals surface area contributed by atoms with Crippen molar-refractivity contribution >= 4 is 45.1 Å². The van der Waals surface area contributed by atoms with Crippen LogP contribution in [0.3, 0.4) is 0 Å². The molecule has 272 valence electrons. The van der Waals surface area contributed by atoms with Crippen LogP contribution in [-0.4, -0.2) is 75.5 Å². The van der Waals surface area contributed by atoms with Crippen molar-refractivity contribution in [2.75, 3.05) is 39.1 Å². The fourth-order valence-electron chi connectivity index (χ4n) is 6.56. The number of carbonyl (C=O) groups excluding carboxylic acids is 2. The smallest absolute Gasteiger partial charge is 0.236 e. The highest BCUT2D eigenvalue weighted by Gasteiger charge is 2.15. The van der Waals surface area contributed by atoms with Crippen molar-refractivity contribution < 1.29 is 14.7 Å². The van der Waals surface area contributed by atoms with Crippen LogP contribution in [0.5, 0.6) is 0 Å². The van der Waals surface area contributed by atoms with E-state index >= 15 is 0 Å². The van der Waals surface area contributed by atoms with Gasteiger partial charge in [0.25, 0.3) is 0 Å². The molecule has 2 amide bonds. The zero-order valence-electron chi connectivity index (χ0n) is 30.7. The van der Waals surface area contributed by atoms with E-state index in [1.807, 2.05) is 30.7 Å². The minimum atomic E-state index is -0.0729. The predicted octanol–water partition coefficient (Wildman–Crippen LogP) is 5.80. The average molecular weight is 711 g/mol. The van der Waals surface area contributed by atoms with E-state index in [9.17, 15) is 9.59 Å². The molecule has 0 unspecified atom stereocenters. The summed E-state index contributed by atoms with van der Waals surface area (Å²) in [7, 11) is 3.34. The van der Waals surface area contributed by atoms with Crippen molar-refractivity contribution in [2.24, 2.45) is 0 Å². The molecule has 53 heavy (non-hydrogen) atoms. The Balaban J connectivity index is 1.19. The second kappa shape index (κ2) is 17.2. The third kappa shape index (κ3) is 8.82. The van der Waals surface area contributed by atoms with E-state index in [-0.39, 0.29) is 25.0 Å². The van der Waals surface area contributed by atoms with Crippen LogP contribution < -0.4 is 16.0 Å². The number of fused-ring (bicyclic) bond motifs is 2. The van der Waals surface area contributed by atoms with Crippen LogP contribution in [0.15, 0.2) is 85.5 Å². The Morgan fingerprint density at radius 3 is 2.32 bits per heavy atom. The molecular formula is C42H46N8O3. The van der Waals surface area contributed by atoms with Crippen molar-refractivity contribution in [1.82, 2.24) is 35.5 Å². The maximum absolute atomic E-state index is 12.2. The highest BCUT2D eigenvalue weighted by molar-refractivity contribution is 5.91. The van der Waals surface area contributed by atoms with Crippen LogP contribution in [0, 0.1) is 13.8 Å². The van der Waals surface area contributed by atoms with Gasteiger partial charge in [0.2, 0.25) is 11.8 Å². The van der Waals surface area contributed by atoms with E-state index < -0.39 is 0 Å². The number of nitrogens with one attached hydrogen (secondary N) is 3. The Kier molecular flexibility index (Phi) is 12.0. The molecule has 4 heterocycles. The van der Waals surface area contributed by atoms with Crippen LogP contribution >= 0.6 is 0 Å². The lowest BCUT2D eigenvalue weighted by Gasteiger charge is -2.17. The lowest BCUT2D eigenvalue weighted by molar-refractivity contribution is -0.129. The Morgan fingerprint density at radius 1 is 0.830 bits per heavy atom. The maximum Gasteiger partial charge on any atom is 0.236 e. The Labute approximate surface area is 309 Å². The van der Waals surface area contributed by atoms with E-state index in [0.29, 0.717) is 31.7 Å². The predicted molar refractivity (Wildman–Crippen MR) is 210 cm³/mol. The Hall–Kier alpha value is -5.78. The molecule has 0 aliphatic heterocycles. The van der Waals surface area contributed by atoms with E-state index in [1.54, 1.807) is 20.3 Å². The van der Waals surface area contributed by atoms with Crippen molar-refractivity contribution in [2.45, 2.75) is 46.1 Å². The zero-order chi connectivity index (χ0) is 37.3. The van der Waals surface area contributed by atoms with Crippen LogP contribution in [0.2, 0.25) is 0 Å². The van der Waals surface area contributed by atoms with Gasteiger partial charge >= 0.3 is 0 Å². The number of aliphatic hydroxyl groups is 1. The lowest BCUT2D eigenvalue weighted by atomic mass is 9.91. The van der Waals surface area contributed by atoms with Crippen molar-refractivity contribution in [3.05, 3.63) is 119 Å². The number of aliphatic hydroxyl groups excluding tert-OH is 1. The molecule has 0 aliphatic carbocycles. The van der Waals surface area contributed by atoms with Gasteiger partial charge in [-0.2, -0.15) is 0 Å². The number of aryl methyl sites for hydroxylation is 1. The van der Waals surface area contributed by atoms with E-state index in [0.717, 1.165) is 73.8 Å². The van der Waals surface area contributed by atoms with Gasteiger partial charge in [0.05, 0.1) is 24.4 Å². The van der Waals surface area contributed by atoms with Crippen molar-refractivity contribution in [3.8, 4) is 11.1 Å². The quantitative estimate of drug-likeness (QED) is 0.104. The number of rotatable bonds is 15. The number of anilines is 2. The summed E-state index contributed by atoms with van der Waals surface area (Å²) in [4.78, 5) is 44.3. The molecule has 4 aromatic heterocycles. The topological polar surface area (TPSA) is 145 Å². The lowest BCUT2D eigenvalue weighted by Crippen LogP contribution is -2.36. The van der Waals surface area contributed by atoms with Crippen molar-refractivity contribution in [3.63, 3.8) is 0 Å². The molecule has 0 atom stereocenters. The van der Waals surface area contributed by atoms with Crippen molar-refractivity contribution in [1.29, 1.82) is 0 Å². The highest BCUT2D eigenvalue weighted by Crippen LogP contribution is 2.35. The molecule has 4 N–H and O–H groups in total. The number of nitrogens with zero attached hydrogens (tertiary/aromatic N) is 5. The molecule has 0 bridgehead atoms. The maximum atomic E-state index is 12.2. The number of carbonyl (C=O) groups is 2. The van der Waals surface area contributed by atoms with Gasteiger partial charge in [-0.1, -0.05) is 30.3 Å². The molecule has 0 saturated carbocycles. The van der Waals surface area contributed by atoms with Gasteiger partial charge in [-0.15, -0.1) is 0 Å². The third-order valence-corrected chi connectivity index (χ3v) is 9.68. The highest BCUT2D eigenvalue weighted by atomic mass is 16.3. The SMILES string of the molecule is CNC(=O)CCCc1cnc2c(Nc3cccc(-c4cccc(Cc5nccc6cc(CNCC(=O)N(C)CCO)cnc56)c4C)c3C)nccc2c1. The summed E-state index contributed by atoms with van der Waals surface area (Å²) in [5.74, 6) is 0.665. The molecule has 0 aliphatic rings. The minimum absolute atomic E-state index is 0.0456. The first-order valence-corrected chi connectivity index (χ1v) is 17.9. The van der Waals surface area contributed by atoms with E-state index in [2.05, 4.69) is 83.3 Å². The third-order valence-electron chi connectivity index (χ3n) is 9.68. The summed E-state index contributed by atoms with van der Waals surface area (Å²) < 4.78 is 0. The van der Waals surface area contributed by atoms with Gasteiger partial charge in [-0.05, 0) is 96.0 Å². The van der Waals surface area contributed by atoms with Gasteiger partial charge in [-0.3, -0.25) is 24.5 Å². The summed E-state index contributed by atoms with van der Waals surface area (Å²) in [5, 5.41) is 20.5. The number of hydrogen-bond donors (Lipinski definition) is 4. The molecule has 2 aromatic carbocycles. The summed E-state index contributed by atoms with van der Waals surface area (Å²) >= 11 is 0. The number of aromatic nitrogens is 4. The second-order valence-electron chi connectivity index (χ2n) is 13.3. The molecule has 11 heteroatoms. The van der Waals surface area contributed by atoms with Gasteiger partial charge in [0.1, 0.15) is 5.52 Å². The number of likely N-dealkylation sites (N-methyl/N-ethyl adjacent to an activating group) is 1. The molecule has 0 radical (unpaired) electrons. The monoisotopic (exact) mass is 710 g/mol. The van der Waals surface area contributed by atoms with Gasteiger partial charge in [-0.25, -0.2) is 4.98 Å². The number of benzene rings is 2. The molecule has 11 nitrogen and oxygen atoms in total. The van der Waals surface area contributed by atoms with Crippen LogP contribution in [0.1, 0.15) is 46.4 Å². The molecule has 6 aromatic rings. The number of amides is 2. The molecular weight excluding hydrogens is 665 g/mol. The average Bonchev–Trinajstić information content (AvgIpc) is 3.16. The van der Waals surface area contributed by atoms with Gasteiger partial charge in [0.15, 0.2) is 5.82 Å².